The molecule has 0 aliphatic carbocycles. The molecule has 0 aromatic carbocycles. The van der Waals surface area contributed by atoms with Gasteiger partial charge < -0.3 is 0 Å². The predicted molar refractivity (Wildman–Crippen MR) is 18.0 cm³/mol. The highest BCUT2D eigenvalue weighted by molar-refractivity contribution is 4.50. The maximum atomic E-state index is 7.42. The Labute approximate surface area is 29.5 Å². The Bertz CT molecular complexity index is 69.0. The maximum Gasteiger partial charge on any atom is 0.0392 e. The van der Waals surface area contributed by atoms with Crippen LogP contribution in [0.1, 0.15) is 0 Å². The number of nitrogens with zero attached hydrogens (tertiary/aromatic N) is 3. The number of azide groups is 1. The van der Waals surface area contributed by atoms with Crippen LogP contribution in [0.25, 0.3) is 10.4 Å². The van der Waals surface area contributed by atoms with Crippen LogP contribution in [0.15, 0.2) is 11.7 Å². The Hall–Kier alpha value is -0.950. The minimum atomic E-state index is 1.98. The highest BCUT2D eigenvalue weighted by Gasteiger charge is 1.40. The van der Waals surface area contributed by atoms with Crippen LogP contribution >= 0.6 is 0 Å². The Kier molecular flexibility index (Phi) is 2.47. The lowest BCUT2D eigenvalue weighted by atomic mass is 11.1. The summed E-state index contributed by atoms with van der Waals surface area (Å²) >= 11 is 0. The SMILES string of the molecule is C=[C]N=[N+]=[N-]. The van der Waals surface area contributed by atoms with E-state index in [0.717, 1.165) is 0 Å². The lowest BCUT2D eigenvalue weighted by Crippen LogP contribution is -1.25. The quantitative estimate of drug-likeness (QED) is 0.252. The molecule has 0 atom stereocenters. The first-order valence-electron chi connectivity index (χ1n) is 0.977. The normalized spacial score (nSPS) is 4.80. The van der Waals surface area contributed by atoms with Crippen LogP contribution in [0.5, 0.6) is 0 Å². The van der Waals surface area contributed by atoms with Gasteiger partial charge in [-0.25, -0.2) is 0 Å². The molecule has 0 saturated heterocycles. The minimum Gasteiger partial charge on any atom is -0.0890 e. The summed E-state index contributed by atoms with van der Waals surface area (Å²) < 4.78 is 0. The van der Waals surface area contributed by atoms with Gasteiger partial charge in [0.15, 0.2) is 0 Å². The van der Waals surface area contributed by atoms with E-state index in [1.807, 2.05) is 6.20 Å². The Balaban J connectivity index is 3.31. The molecule has 0 unspecified atom stereocenters. The fraction of sp³-hybridized carbons (Fsp3) is 0. The van der Waals surface area contributed by atoms with Crippen LogP contribution in [-0.2, 0) is 0 Å². The van der Waals surface area contributed by atoms with Crippen LogP contribution in [0.2, 0.25) is 0 Å². The molecule has 0 aromatic heterocycles. The van der Waals surface area contributed by atoms with Gasteiger partial charge in [-0.1, -0.05) is 11.7 Å². The summed E-state index contributed by atoms with van der Waals surface area (Å²) in [6, 6.07) is 0. The molecule has 3 heteroatoms. The largest absolute Gasteiger partial charge is 0.0890 e. The summed E-state index contributed by atoms with van der Waals surface area (Å²) in [6.45, 7) is 3.00. The molecule has 0 rings (SSSR count). The molecule has 3 nitrogen and oxygen atoms in total. The van der Waals surface area contributed by atoms with Crippen molar-refractivity contribution in [2.45, 2.75) is 0 Å². The van der Waals surface area contributed by atoms with Crippen molar-refractivity contribution in [3.8, 4) is 0 Å². The Morgan fingerprint density at radius 1 is 2.00 bits per heavy atom. The van der Waals surface area contributed by atoms with E-state index >= 15 is 0 Å². The topological polar surface area (TPSA) is 48.8 Å². The van der Waals surface area contributed by atoms with Crippen molar-refractivity contribution in [1.29, 1.82) is 0 Å². The third kappa shape index (κ3) is 3.05. The fourth-order valence-corrected chi connectivity index (χ4v) is 0.0316. The van der Waals surface area contributed by atoms with Crippen molar-refractivity contribution in [1.82, 2.24) is 0 Å². The summed E-state index contributed by atoms with van der Waals surface area (Å²) in [7, 11) is 0. The third-order valence-electron chi connectivity index (χ3n) is 0.115. The van der Waals surface area contributed by atoms with Crippen LogP contribution < -0.4 is 0 Å². The predicted octanol–water partition coefficient (Wildman–Crippen LogP) is 1.24. The zero-order valence-corrected chi connectivity index (χ0v) is 2.55. The van der Waals surface area contributed by atoms with Gasteiger partial charge in [-0.3, -0.25) is 0 Å². The van der Waals surface area contributed by atoms with E-state index in [1.54, 1.807) is 0 Å². The van der Waals surface area contributed by atoms with Crippen molar-refractivity contribution < 1.29 is 0 Å². The van der Waals surface area contributed by atoms with Gasteiger partial charge in [-0.15, -0.1) is 0 Å². The first kappa shape index (κ1) is 4.05. The number of hydrogen-bond donors (Lipinski definition) is 0. The monoisotopic (exact) mass is 68.0 g/mol. The molecule has 0 fully saturated rings. The molecule has 0 spiro atoms. The summed E-state index contributed by atoms with van der Waals surface area (Å²) in [5, 5.41) is 2.79. The molecule has 25 valence electrons. The van der Waals surface area contributed by atoms with Crippen LogP contribution in [0.4, 0.5) is 0 Å². The van der Waals surface area contributed by atoms with E-state index in [-0.39, 0.29) is 0 Å². The lowest BCUT2D eigenvalue weighted by Gasteiger charge is -1.43. The van der Waals surface area contributed by atoms with Crippen molar-refractivity contribution in [2.75, 3.05) is 0 Å². The van der Waals surface area contributed by atoms with Crippen molar-refractivity contribution in [2.24, 2.45) is 5.11 Å². The van der Waals surface area contributed by atoms with Crippen LogP contribution in [0.3, 0.4) is 0 Å². The molecule has 1 radical (unpaired) electrons. The average molecular weight is 68.1 g/mol. The Morgan fingerprint density at radius 3 is 2.60 bits per heavy atom. The highest BCUT2D eigenvalue weighted by Crippen LogP contribution is 1.59. The molecule has 0 aromatic rings. The van der Waals surface area contributed by atoms with E-state index in [0.29, 0.717) is 0 Å². The lowest BCUT2D eigenvalue weighted by molar-refractivity contribution is 1.47. The smallest absolute Gasteiger partial charge is 0.0392 e. The second-order valence-corrected chi connectivity index (χ2v) is 0.348. The second-order valence-electron chi connectivity index (χ2n) is 0.348. The van der Waals surface area contributed by atoms with E-state index in [4.69, 9.17) is 5.53 Å². The average Bonchev–Trinajstić information content (AvgIpc) is 1.41. The van der Waals surface area contributed by atoms with Gasteiger partial charge in [0, 0.05) is 11.1 Å². The zero-order valence-electron chi connectivity index (χ0n) is 2.55. The van der Waals surface area contributed by atoms with Gasteiger partial charge in [0.1, 0.15) is 0 Å². The third-order valence-corrected chi connectivity index (χ3v) is 0.115. The molecular formula is C2H2N3. The van der Waals surface area contributed by atoms with Crippen molar-refractivity contribution in [3.05, 3.63) is 23.2 Å². The standard InChI is InChI=1S/C2H2N3/c1-2-4-5-3/h1H2. The molecule has 5 heavy (non-hydrogen) atoms. The van der Waals surface area contributed by atoms with E-state index in [2.05, 4.69) is 16.6 Å². The van der Waals surface area contributed by atoms with Crippen LogP contribution in [-0.4, -0.2) is 0 Å². The van der Waals surface area contributed by atoms with E-state index < -0.39 is 0 Å². The summed E-state index contributed by atoms with van der Waals surface area (Å²) in [6.07, 6.45) is 1.98. The first-order chi connectivity index (χ1) is 2.41. The number of hydrogen-bond acceptors (Lipinski definition) is 1. The molecule has 0 heterocycles. The van der Waals surface area contributed by atoms with Gasteiger partial charge in [0.05, 0.1) is 0 Å². The first-order valence-corrected chi connectivity index (χ1v) is 0.977. The molecule has 0 aliphatic heterocycles. The highest BCUT2D eigenvalue weighted by atomic mass is 15.1. The molecule has 0 saturated carbocycles. The fourth-order valence-electron chi connectivity index (χ4n) is 0.0316. The summed E-state index contributed by atoms with van der Waals surface area (Å²) in [4.78, 5) is 2.31. The Morgan fingerprint density at radius 2 is 2.60 bits per heavy atom. The van der Waals surface area contributed by atoms with Gasteiger partial charge in [0.2, 0.25) is 0 Å². The molecule has 0 bridgehead atoms. The maximum absolute atomic E-state index is 7.42. The van der Waals surface area contributed by atoms with Gasteiger partial charge in [-0.05, 0) is 5.53 Å². The van der Waals surface area contributed by atoms with Crippen molar-refractivity contribution in [3.63, 3.8) is 0 Å². The number of rotatable bonds is 1. The van der Waals surface area contributed by atoms with Crippen molar-refractivity contribution >= 4 is 0 Å². The molecule has 0 aliphatic rings. The van der Waals surface area contributed by atoms with Gasteiger partial charge in [-0.2, -0.15) is 0 Å². The van der Waals surface area contributed by atoms with Gasteiger partial charge in [0.25, 0.3) is 0 Å². The summed E-state index contributed by atoms with van der Waals surface area (Å²) in [5.74, 6) is 0. The molecule has 0 N–H and O–H groups in total. The van der Waals surface area contributed by atoms with Gasteiger partial charge >= 0.3 is 0 Å². The molecule has 0 amide bonds. The zero-order chi connectivity index (χ0) is 4.12. The van der Waals surface area contributed by atoms with E-state index in [9.17, 15) is 0 Å². The minimum absolute atomic E-state index is 1.98. The van der Waals surface area contributed by atoms with Crippen LogP contribution in [0, 0.1) is 6.20 Å². The summed E-state index contributed by atoms with van der Waals surface area (Å²) in [5.41, 5.74) is 7.42. The molecular weight excluding hydrogens is 66.0 g/mol. The van der Waals surface area contributed by atoms with E-state index in [1.165, 1.54) is 0 Å². The second kappa shape index (κ2) is 3.05.